The van der Waals surface area contributed by atoms with Crippen LogP contribution in [0.25, 0.3) is 0 Å². The zero-order valence-corrected chi connectivity index (χ0v) is 9.77. The van der Waals surface area contributed by atoms with E-state index in [-0.39, 0.29) is 0 Å². The van der Waals surface area contributed by atoms with Crippen molar-refractivity contribution in [2.45, 2.75) is 11.3 Å². The number of anilines is 1. The maximum Gasteiger partial charge on any atom is 0.573 e. The summed E-state index contributed by atoms with van der Waals surface area (Å²) in [6.07, 6.45) is -5.11. The molecular weight excluding hydrogens is 299 g/mol. The molecule has 1 aromatic rings. The first kappa shape index (κ1) is 14.3. The van der Waals surface area contributed by atoms with E-state index in [0.29, 0.717) is 6.07 Å². The fourth-order valence-electron chi connectivity index (χ4n) is 0.970. The topological polar surface area (TPSA) is 106 Å². The van der Waals surface area contributed by atoms with Crippen molar-refractivity contribution in [2.75, 3.05) is 5.73 Å². The number of hydrogen-bond acceptors (Lipinski definition) is 6. The highest BCUT2D eigenvalue weighted by Crippen LogP contribution is 2.31. The number of rotatable bonds is 2. The Morgan fingerprint density at radius 1 is 1.50 bits per heavy atom. The molecule has 0 fully saturated rings. The van der Waals surface area contributed by atoms with Gasteiger partial charge in [0.15, 0.2) is 11.4 Å². The molecule has 0 aliphatic carbocycles. The van der Waals surface area contributed by atoms with Gasteiger partial charge in [-0.2, -0.15) is 5.26 Å². The first-order valence-corrected chi connectivity index (χ1v) is 6.26. The van der Waals surface area contributed by atoms with Crippen LogP contribution >= 0.6 is 10.7 Å². The molecule has 0 bridgehead atoms. The fourth-order valence-corrected chi connectivity index (χ4v) is 1.88. The van der Waals surface area contributed by atoms with Gasteiger partial charge in [-0.25, -0.2) is 13.4 Å². The van der Waals surface area contributed by atoms with Crippen LogP contribution < -0.4 is 10.5 Å². The van der Waals surface area contributed by atoms with Gasteiger partial charge in [-0.15, -0.1) is 13.2 Å². The molecule has 1 rings (SSSR count). The van der Waals surface area contributed by atoms with Crippen molar-refractivity contribution in [3.63, 3.8) is 0 Å². The van der Waals surface area contributed by atoms with Gasteiger partial charge in [0.05, 0.1) is 0 Å². The molecule has 0 saturated carbocycles. The smallest absolute Gasteiger partial charge is 0.403 e. The van der Waals surface area contributed by atoms with Crippen LogP contribution in [0.2, 0.25) is 0 Å². The quantitative estimate of drug-likeness (QED) is 0.827. The van der Waals surface area contributed by atoms with E-state index in [9.17, 15) is 21.6 Å². The van der Waals surface area contributed by atoms with E-state index in [1.807, 2.05) is 0 Å². The van der Waals surface area contributed by atoms with Crippen LogP contribution in [0.5, 0.6) is 5.75 Å². The van der Waals surface area contributed by atoms with E-state index in [0.717, 1.165) is 0 Å². The van der Waals surface area contributed by atoms with Gasteiger partial charge in [-0.3, -0.25) is 0 Å². The number of nitrogens with two attached hydrogens (primary N) is 1. The Hall–Kier alpha value is -1.73. The highest BCUT2D eigenvalue weighted by atomic mass is 35.7. The highest BCUT2D eigenvalue weighted by Gasteiger charge is 2.33. The van der Waals surface area contributed by atoms with Crippen LogP contribution in [0.1, 0.15) is 5.69 Å². The minimum absolute atomic E-state index is 0.386. The van der Waals surface area contributed by atoms with Crippen molar-refractivity contribution in [1.29, 1.82) is 5.26 Å². The summed E-state index contributed by atoms with van der Waals surface area (Å²) >= 11 is 0. The lowest BCUT2D eigenvalue weighted by Crippen LogP contribution is -2.19. The number of alkyl halides is 3. The molecule has 18 heavy (non-hydrogen) atoms. The molecule has 6 nitrogen and oxygen atoms in total. The molecule has 0 spiro atoms. The van der Waals surface area contributed by atoms with Gasteiger partial charge >= 0.3 is 6.36 Å². The second kappa shape index (κ2) is 4.51. The van der Waals surface area contributed by atoms with Crippen LogP contribution in [0, 0.1) is 11.3 Å². The Bertz CT molecular complexity index is 623. The van der Waals surface area contributed by atoms with Crippen LogP contribution in [-0.2, 0) is 9.05 Å². The Morgan fingerprint density at radius 3 is 2.44 bits per heavy atom. The van der Waals surface area contributed by atoms with Gasteiger partial charge in [0.1, 0.15) is 16.8 Å². The number of ether oxygens (including phenoxy) is 1. The van der Waals surface area contributed by atoms with Gasteiger partial charge in [0.25, 0.3) is 9.05 Å². The third-order valence-electron chi connectivity index (χ3n) is 1.57. The van der Waals surface area contributed by atoms with E-state index in [4.69, 9.17) is 21.7 Å². The number of aromatic nitrogens is 1. The highest BCUT2D eigenvalue weighted by molar-refractivity contribution is 8.13. The lowest BCUT2D eigenvalue weighted by atomic mass is 10.3. The predicted octanol–water partition coefficient (Wildman–Crippen LogP) is 1.36. The molecule has 0 unspecified atom stereocenters. The van der Waals surface area contributed by atoms with Crippen molar-refractivity contribution < 1.29 is 26.3 Å². The molecule has 98 valence electrons. The number of nitrogens with zero attached hydrogens (tertiary/aromatic N) is 2. The van der Waals surface area contributed by atoms with Gasteiger partial charge in [0, 0.05) is 16.7 Å². The standard InChI is InChI=1S/C7H3ClF3N3O3S/c8-18(15,16)5-1-4(17-7(9,10)11)3(2-12)14-6(5)13/h1H,(H2,13,14). The summed E-state index contributed by atoms with van der Waals surface area (Å²) < 4.78 is 61.5. The van der Waals surface area contributed by atoms with Crippen molar-refractivity contribution in [1.82, 2.24) is 4.98 Å². The maximum absolute atomic E-state index is 12.0. The summed E-state index contributed by atoms with van der Waals surface area (Å²) in [4.78, 5) is 2.30. The summed E-state index contributed by atoms with van der Waals surface area (Å²) in [5.74, 6) is -1.80. The molecule has 0 aliphatic heterocycles. The van der Waals surface area contributed by atoms with E-state index in [1.54, 1.807) is 0 Å². The summed E-state index contributed by atoms with van der Waals surface area (Å²) in [6, 6.07) is 1.67. The van der Waals surface area contributed by atoms with Crippen molar-refractivity contribution in [3.05, 3.63) is 11.8 Å². The van der Waals surface area contributed by atoms with Crippen molar-refractivity contribution in [3.8, 4) is 11.8 Å². The fraction of sp³-hybridized carbons (Fsp3) is 0.143. The lowest BCUT2D eigenvalue weighted by molar-refractivity contribution is -0.274. The second-order valence-corrected chi connectivity index (χ2v) is 5.35. The molecular formula is C7H3ClF3N3O3S. The zero-order valence-electron chi connectivity index (χ0n) is 8.19. The van der Waals surface area contributed by atoms with Crippen molar-refractivity contribution in [2.24, 2.45) is 0 Å². The SMILES string of the molecule is N#Cc1nc(N)c(S(=O)(=O)Cl)cc1OC(F)(F)F. The van der Waals surface area contributed by atoms with Crippen LogP contribution in [0.4, 0.5) is 19.0 Å². The Kier molecular flexibility index (Phi) is 3.59. The van der Waals surface area contributed by atoms with Crippen molar-refractivity contribution >= 4 is 25.6 Å². The average molecular weight is 302 g/mol. The Morgan fingerprint density at radius 2 is 2.06 bits per heavy atom. The normalized spacial score (nSPS) is 11.9. The van der Waals surface area contributed by atoms with Gasteiger partial charge in [-0.05, 0) is 0 Å². The molecule has 2 N–H and O–H groups in total. The van der Waals surface area contributed by atoms with Gasteiger partial charge < -0.3 is 10.5 Å². The van der Waals surface area contributed by atoms with E-state index in [2.05, 4.69) is 9.72 Å². The first-order valence-electron chi connectivity index (χ1n) is 3.95. The molecule has 1 heterocycles. The number of halogens is 4. The summed E-state index contributed by atoms with van der Waals surface area (Å²) in [6.45, 7) is 0. The third kappa shape index (κ3) is 3.38. The van der Waals surface area contributed by atoms with E-state index in [1.165, 1.54) is 6.07 Å². The Balaban J connectivity index is 3.47. The lowest BCUT2D eigenvalue weighted by Gasteiger charge is -2.11. The first-order chi connectivity index (χ1) is 8.04. The zero-order chi connectivity index (χ0) is 14.1. The average Bonchev–Trinajstić information content (AvgIpc) is 2.16. The number of nitriles is 1. The van der Waals surface area contributed by atoms with Crippen LogP contribution in [0.15, 0.2) is 11.0 Å². The molecule has 1 aromatic heterocycles. The molecule has 0 aromatic carbocycles. The molecule has 11 heteroatoms. The molecule has 0 radical (unpaired) electrons. The maximum atomic E-state index is 12.0. The molecule has 0 aliphatic rings. The summed E-state index contributed by atoms with van der Waals surface area (Å²) in [5, 5.41) is 8.54. The molecule has 0 amide bonds. The third-order valence-corrected chi connectivity index (χ3v) is 2.93. The second-order valence-electron chi connectivity index (χ2n) is 2.82. The number of hydrogen-bond donors (Lipinski definition) is 1. The number of pyridine rings is 1. The van der Waals surface area contributed by atoms with Gasteiger partial charge in [0.2, 0.25) is 0 Å². The summed E-state index contributed by atoms with van der Waals surface area (Å²) in [5.41, 5.74) is 4.34. The predicted molar refractivity (Wildman–Crippen MR) is 53.1 cm³/mol. The van der Waals surface area contributed by atoms with E-state index >= 15 is 0 Å². The minimum atomic E-state index is -5.11. The number of nitrogen functional groups attached to an aromatic ring is 1. The molecule has 0 saturated heterocycles. The Labute approximate surface area is 103 Å². The molecule has 0 atom stereocenters. The minimum Gasteiger partial charge on any atom is -0.403 e. The largest absolute Gasteiger partial charge is 0.573 e. The van der Waals surface area contributed by atoms with Gasteiger partial charge in [-0.1, -0.05) is 0 Å². The van der Waals surface area contributed by atoms with Crippen LogP contribution in [-0.4, -0.2) is 19.8 Å². The monoisotopic (exact) mass is 301 g/mol. The van der Waals surface area contributed by atoms with E-state index < -0.39 is 37.6 Å². The van der Waals surface area contributed by atoms with Crippen LogP contribution in [0.3, 0.4) is 0 Å². The summed E-state index contributed by atoms with van der Waals surface area (Å²) in [7, 11) is 0.526.